The Balaban J connectivity index is 1.56. The summed E-state index contributed by atoms with van der Waals surface area (Å²) in [4.78, 5) is 63.3. The van der Waals surface area contributed by atoms with Gasteiger partial charge in [-0.2, -0.15) is 0 Å². The highest BCUT2D eigenvalue weighted by Crippen LogP contribution is 2.65. The van der Waals surface area contributed by atoms with Crippen molar-refractivity contribution in [2.45, 2.75) is 34.9 Å². The van der Waals surface area contributed by atoms with Gasteiger partial charge < -0.3 is 10.2 Å². The summed E-state index contributed by atoms with van der Waals surface area (Å²) in [5, 5.41) is 20.8. The van der Waals surface area contributed by atoms with E-state index in [1.807, 2.05) is 6.08 Å². The standard InChI is InChI=1S/C28H24Cl2N2O7/c1-31-25(38)27(29)12-18-16(6-7-17-21(18)24(37)32(23(17)36)11-10-20(34)35)22(28(27,30)26(31)39)15-8-9-19(33)14-5-3-2-4-13(14)15/h2-6,8-9,17-18,21-22,33H,7,10-12H2,1H3,(H,34,35)/t17-,18+,21-,22-,27+,28-/m0/s1. The Morgan fingerprint density at radius 3 is 2.38 bits per heavy atom. The van der Waals surface area contributed by atoms with Crippen molar-refractivity contribution in [3.05, 3.63) is 53.6 Å². The van der Waals surface area contributed by atoms with Crippen molar-refractivity contribution < 1.29 is 34.2 Å². The SMILES string of the molecule is CN1C(=O)[C@]2(Cl)C[C@@H]3C(=CC[C@@H]4C(=O)N(CCC(=O)O)C(=O)[C@@H]43)[C@H](c3ccc(O)c4ccccc34)[C@]2(Cl)C1=O. The monoisotopic (exact) mass is 570 g/mol. The highest BCUT2D eigenvalue weighted by molar-refractivity contribution is 6.53. The highest BCUT2D eigenvalue weighted by atomic mass is 35.5. The van der Waals surface area contributed by atoms with Gasteiger partial charge in [-0.15, -0.1) is 23.2 Å². The first kappa shape index (κ1) is 25.8. The zero-order valence-corrected chi connectivity index (χ0v) is 22.3. The second kappa shape index (κ2) is 8.53. The largest absolute Gasteiger partial charge is 0.507 e. The summed E-state index contributed by atoms with van der Waals surface area (Å²) >= 11 is 14.4. The number of hydrogen-bond acceptors (Lipinski definition) is 6. The lowest BCUT2D eigenvalue weighted by molar-refractivity contribution is -0.143. The first-order valence-electron chi connectivity index (χ1n) is 12.6. The van der Waals surface area contributed by atoms with Crippen molar-refractivity contribution in [2.24, 2.45) is 17.8 Å². The summed E-state index contributed by atoms with van der Waals surface area (Å²) < 4.78 is 0. The number of fused-ring (bicyclic) bond motifs is 5. The van der Waals surface area contributed by atoms with Crippen molar-refractivity contribution >= 4 is 63.6 Å². The maximum atomic E-state index is 13.7. The van der Waals surface area contributed by atoms with Crippen molar-refractivity contribution in [1.29, 1.82) is 0 Å². The summed E-state index contributed by atoms with van der Waals surface area (Å²) in [6, 6.07) is 10.2. The number of carboxylic acid groups (broad SMARTS) is 1. The van der Waals surface area contributed by atoms with Crippen LogP contribution in [-0.4, -0.2) is 73.0 Å². The molecular weight excluding hydrogens is 547 g/mol. The van der Waals surface area contributed by atoms with Crippen molar-refractivity contribution in [3.63, 3.8) is 0 Å². The number of aliphatic carboxylic acids is 1. The molecule has 3 fully saturated rings. The first-order valence-corrected chi connectivity index (χ1v) is 13.4. The molecule has 0 unspecified atom stereocenters. The number of carbonyl (C=O) groups excluding carboxylic acids is 4. The molecule has 1 saturated carbocycles. The van der Waals surface area contributed by atoms with Crippen LogP contribution in [0.3, 0.4) is 0 Å². The minimum absolute atomic E-state index is 0.0248. The molecule has 202 valence electrons. The predicted octanol–water partition coefficient (Wildman–Crippen LogP) is 3.01. The molecule has 4 aliphatic rings. The quantitative estimate of drug-likeness (QED) is 0.328. The fourth-order valence-electron chi connectivity index (χ4n) is 7.14. The number of amides is 4. The van der Waals surface area contributed by atoms with Crippen LogP contribution in [0.5, 0.6) is 5.75 Å². The molecule has 2 aromatic carbocycles. The molecule has 0 radical (unpaired) electrons. The van der Waals surface area contributed by atoms with Gasteiger partial charge in [0.25, 0.3) is 11.8 Å². The Morgan fingerprint density at radius 1 is 1.00 bits per heavy atom. The number of hydrogen-bond donors (Lipinski definition) is 2. The number of phenolic OH excluding ortho intramolecular Hbond substituents is 1. The minimum Gasteiger partial charge on any atom is -0.507 e. The lowest BCUT2D eigenvalue weighted by Gasteiger charge is -2.51. The average Bonchev–Trinajstić information content (AvgIpc) is 3.23. The zero-order chi connectivity index (χ0) is 28.0. The van der Waals surface area contributed by atoms with Gasteiger partial charge in [-0.25, -0.2) is 0 Å². The lowest BCUT2D eigenvalue weighted by atomic mass is 9.56. The van der Waals surface area contributed by atoms with Crippen molar-refractivity contribution in [1.82, 2.24) is 9.80 Å². The minimum atomic E-state index is -1.93. The summed E-state index contributed by atoms with van der Waals surface area (Å²) in [7, 11) is 1.32. The van der Waals surface area contributed by atoms with E-state index in [2.05, 4.69) is 0 Å². The van der Waals surface area contributed by atoms with Crippen LogP contribution < -0.4 is 0 Å². The van der Waals surface area contributed by atoms with Gasteiger partial charge in [-0.05, 0) is 35.8 Å². The van der Waals surface area contributed by atoms with Gasteiger partial charge in [-0.1, -0.05) is 42.0 Å². The van der Waals surface area contributed by atoms with E-state index in [1.54, 1.807) is 30.3 Å². The fourth-order valence-corrected chi connectivity index (χ4v) is 8.15. The third-order valence-corrected chi connectivity index (χ3v) is 10.3. The number of imide groups is 2. The van der Waals surface area contributed by atoms with Crippen LogP contribution in [0.1, 0.15) is 30.7 Å². The van der Waals surface area contributed by atoms with Gasteiger partial charge in [0.1, 0.15) is 5.75 Å². The molecular formula is C28H24Cl2N2O7. The Bertz CT molecular complexity index is 1540. The zero-order valence-electron chi connectivity index (χ0n) is 20.8. The molecule has 0 spiro atoms. The number of aromatic hydroxyl groups is 1. The maximum absolute atomic E-state index is 13.7. The van der Waals surface area contributed by atoms with Crippen LogP contribution in [0.4, 0.5) is 0 Å². The second-order valence-electron chi connectivity index (χ2n) is 10.7. The van der Waals surface area contributed by atoms with Gasteiger partial charge in [0, 0.05) is 24.9 Å². The molecule has 9 nitrogen and oxygen atoms in total. The molecule has 6 rings (SSSR count). The topological polar surface area (TPSA) is 132 Å². The number of carboxylic acids is 1. The molecule has 2 saturated heterocycles. The first-order chi connectivity index (χ1) is 18.4. The number of rotatable bonds is 4. The summed E-state index contributed by atoms with van der Waals surface area (Å²) in [5.74, 6) is -6.66. The van der Waals surface area contributed by atoms with Crippen LogP contribution in [0.15, 0.2) is 48.0 Å². The van der Waals surface area contributed by atoms with E-state index in [0.717, 1.165) is 9.80 Å². The van der Waals surface area contributed by atoms with Gasteiger partial charge in [0.2, 0.25) is 11.8 Å². The normalized spacial score (nSPS) is 33.8. The van der Waals surface area contributed by atoms with E-state index in [9.17, 15) is 29.1 Å². The Morgan fingerprint density at radius 2 is 1.69 bits per heavy atom. The molecule has 39 heavy (non-hydrogen) atoms. The van der Waals surface area contributed by atoms with Gasteiger partial charge >= 0.3 is 5.97 Å². The lowest BCUT2D eigenvalue weighted by Crippen LogP contribution is -2.60. The summed E-state index contributed by atoms with van der Waals surface area (Å²) in [6.07, 6.45) is 1.49. The van der Waals surface area contributed by atoms with Gasteiger partial charge in [-0.3, -0.25) is 33.8 Å². The maximum Gasteiger partial charge on any atom is 0.305 e. The van der Waals surface area contributed by atoms with Crippen LogP contribution in [-0.2, 0) is 24.0 Å². The molecule has 11 heteroatoms. The van der Waals surface area contributed by atoms with Gasteiger partial charge in [0.05, 0.1) is 18.3 Å². The number of nitrogens with zero attached hydrogens (tertiary/aromatic N) is 2. The van der Waals surface area contributed by atoms with E-state index in [0.29, 0.717) is 21.9 Å². The number of carbonyl (C=O) groups is 5. The number of halogens is 2. The molecule has 6 atom stereocenters. The van der Waals surface area contributed by atoms with Crippen LogP contribution in [0.25, 0.3) is 10.8 Å². The van der Waals surface area contributed by atoms with Crippen LogP contribution in [0, 0.1) is 17.8 Å². The molecule has 4 amide bonds. The molecule has 2 aliphatic carbocycles. The van der Waals surface area contributed by atoms with E-state index in [1.165, 1.54) is 13.1 Å². The van der Waals surface area contributed by atoms with Crippen LogP contribution >= 0.6 is 23.2 Å². The average molecular weight is 571 g/mol. The molecule has 2 aromatic rings. The molecule has 0 aromatic heterocycles. The Kier molecular flexibility index (Phi) is 5.65. The predicted molar refractivity (Wildman–Crippen MR) is 140 cm³/mol. The number of alkyl halides is 2. The number of allylic oxidation sites excluding steroid dienone is 2. The summed E-state index contributed by atoms with van der Waals surface area (Å²) in [6.45, 7) is -0.250. The second-order valence-corrected chi connectivity index (χ2v) is 11.9. The third kappa shape index (κ3) is 3.23. The Labute approximate surface area is 232 Å². The van der Waals surface area contributed by atoms with E-state index < -0.39 is 63.0 Å². The van der Waals surface area contributed by atoms with Gasteiger partial charge in [0.15, 0.2) is 9.75 Å². The van der Waals surface area contributed by atoms with Crippen LogP contribution in [0.2, 0.25) is 0 Å². The Hall–Kier alpha value is -3.43. The van der Waals surface area contributed by atoms with Crippen molar-refractivity contribution in [3.8, 4) is 5.75 Å². The fraction of sp³-hybridized carbons (Fsp3) is 0.393. The molecule has 2 aliphatic heterocycles. The van der Waals surface area contributed by atoms with Crippen molar-refractivity contribution in [2.75, 3.05) is 13.6 Å². The number of likely N-dealkylation sites (tertiary alicyclic amines) is 2. The highest BCUT2D eigenvalue weighted by Gasteiger charge is 2.76. The number of phenols is 1. The van der Waals surface area contributed by atoms with E-state index in [4.69, 9.17) is 28.3 Å². The third-order valence-electron chi connectivity index (χ3n) is 8.90. The van der Waals surface area contributed by atoms with E-state index in [-0.39, 0.29) is 31.6 Å². The molecule has 2 N–H and O–H groups in total. The summed E-state index contributed by atoms with van der Waals surface area (Å²) in [5.41, 5.74) is 1.20. The van der Waals surface area contributed by atoms with E-state index >= 15 is 0 Å². The number of benzene rings is 2. The molecule has 0 bridgehead atoms. The smallest absolute Gasteiger partial charge is 0.305 e. The molecule has 2 heterocycles.